The molecule has 1 aliphatic heterocycles. The Hall–Kier alpha value is -3.22. The fourth-order valence-electron chi connectivity index (χ4n) is 3.41. The van der Waals surface area contributed by atoms with E-state index in [0.717, 1.165) is 17.7 Å². The fourth-order valence-corrected chi connectivity index (χ4v) is 3.41. The van der Waals surface area contributed by atoms with Crippen LogP contribution < -0.4 is 4.90 Å². The van der Waals surface area contributed by atoms with E-state index < -0.39 is 17.0 Å². The predicted molar refractivity (Wildman–Crippen MR) is 99.8 cm³/mol. The number of nitro groups is 1. The molecule has 7 nitrogen and oxygen atoms in total. The summed E-state index contributed by atoms with van der Waals surface area (Å²) in [5, 5.41) is 11.0. The van der Waals surface area contributed by atoms with Crippen LogP contribution in [0.4, 0.5) is 11.4 Å². The molecule has 1 aliphatic rings. The van der Waals surface area contributed by atoms with Gasteiger partial charge in [-0.25, -0.2) is 4.79 Å². The van der Waals surface area contributed by atoms with Crippen molar-refractivity contribution in [1.29, 1.82) is 0 Å². The van der Waals surface area contributed by atoms with Crippen LogP contribution in [-0.4, -0.2) is 28.9 Å². The van der Waals surface area contributed by atoms with Crippen molar-refractivity contribution >= 4 is 23.3 Å². The number of carbonyl (C=O) groups is 2. The van der Waals surface area contributed by atoms with E-state index in [2.05, 4.69) is 0 Å². The normalized spacial score (nSPS) is 16.6. The van der Waals surface area contributed by atoms with Gasteiger partial charge < -0.3 is 9.64 Å². The van der Waals surface area contributed by atoms with E-state index in [0.29, 0.717) is 0 Å². The lowest BCUT2D eigenvalue weighted by Gasteiger charge is -2.26. The zero-order valence-corrected chi connectivity index (χ0v) is 15.3. The molecule has 140 valence electrons. The number of nitrogens with zero attached hydrogens (tertiary/aromatic N) is 2. The highest BCUT2D eigenvalue weighted by atomic mass is 16.6. The van der Waals surface area contributed by atoms with Crippen LogP contribution in [0.1, 0.15) is 35.3 Å². The smallest absolute Gasteiger partial charge is 0.339 e. The Morgan fingerprint density at radius 2 is 1.93 bits per heavy atom. The summed E-state index contributed by atoms with van der Waals surface area (Å²) in [4.78, 5) is 37.5. The second kappa shape index (κ2) is 7.19. The van der Waals surface area contributed by atoms with Crippen molar-refractivity contribution < 1.29 is 19.2 Å². The molecule has 0 aromatic heterocycles. The topological polar surface area (TPSA) is 89.8 Å². The van der Waals surface area contributed by atoms with Crippen LogP contribution in [0.2, 0.25) is 0 Å². The molecule has 7 heteroatoms. The van der Waals surface area contributed by atoms with E-state index in [-0.39, 0.29) is 28.8 Å². The first-order valence-corrected chi connectivity index (χ1v) is 8.67. The predicted octanol–water partition coefficient (Wildman–Crippen LogP) is 3.43. The second-order valence-corrected chi connectivity index (χ2v) is 6.64. The summed E-state index contributed by atoms with van der Waals surface area (Å²) in [6, 6.07) is 11.8. The number of hydrogen-bond acceptors (Lipinski definition) is 5. The molecule has 1 amide bonds. The summed E-state index contributed by atoms with van der Waals surface area (Å²) in [7, 11) is 0. The van der Waals surface area contributed by atoms with Crippen molar-refractivity contribution in [3.05, 3.63) is 69.3 Å². The van der Waals surface area contributed by atoms with Crippen molar-refractivity contribution in [2.45, 2.75) is 39.3 Å². The molecule has 0 fully saturated rings. The maximum Gasteiger partial charge on any atom is 0.339 e. The molecule has 0 spiro atoms. The van der Waals surface area contributed by atoms with Gasteiger partial charge in [0, 0.05) is 23.4 Å². The first-order chi connectivity index (χ1) is 12.8. The Kier molecular flexibility index (Phi) is 4.94. The quantitative estimate of drug-likeness (QED) is 0.468. The zero-order chi connectivity index (χ0) is 19.7. The molecular weight excluding hydrogens is 348 g/mol. The highest BCUT2D eigenvalue weighted by Gasteiger charge is 2.34. The summed E-state index contributed by atoms with van der Waals surface area (Å²) in [5.41, 5.74) is 2.03. The Balaban J connectivity index is 1.79. The molecule has 0 saturated carbocycles. The van der Waals surface area contributed by atoms with Crippen LogP contribution in [0.15, 0.2) is 42.5 Å². The molecular formula is C20H20N2O5. The lowest BCUT2D eigenvalue weighted by Crippen LogP contribution is -2.43. The number of anilines is 1. The van der Waals surface area contributed by atoms with Gasteiger partial charge in [-0.3, -0.25) is 14.9 Å². The number of esters is 1. The van der Waals surface area contributed by atoms with E-state index in [4.69, 9.17) is 4.74 Å². The van der Waals surface area contributed by atoms with Gasteiger partial charge in [0.1, 0.15) is 0 Å². The lowest BCUT2D eigenvalue weighted by atomic mass is 10.1. The standard InChI is InChI=1S/C20H20N2O5/c1-12-11-15-7-4-5-9-18(15)21(12)19(23)14(3)27-20(24)16-8-6-10-17(13(16)2)22(25)26/h4-10,12,14H,11H2,1-3H3/t12-,14+/m0/s1. The molecule has 27 heavy (non-hydrogen) atoms. The summed E-state index contributed by atoms with van der Waals surface area (Å²) < 4.78 is 5.34. The van der Waals surface area contributed by atoms with Crippen molar-refractivity contribution in [2.75, 3.05) is 4.90 Å². The molecule has 0 radical (unpaired) electrons. The van der Waals surface area contributed by atoms with Crippen molar-refractivity contribution in [3.8, 4) is 0 Å². The Morgan fingerprint density at radius 3 is 2.63 bits per heavy atom. The number of benzene rings is 2. The van der Waals surface area contributed by atoms with Gasteiger partial charge in [0.15, 0.2) is 6.10 Å². The van der Waals surface area contributed by atoms with Gasteiger partial charge >= 0.3 is 5.97 Å². The largest absolute Gasteiger partial charge is 0.449 e. The number of carbonyl (C=O) groups excluding carboxylic acids is 2. The molecule has 1 heterocycles. The first-order valence-electron chi connectivity index (χ1n) is 8.67. The molecule has 0 aliphatic carbocycles. The molecule has 0 bridgehead atoms. The van der Waals surface area contributed by atoms with Crippen LogP contribution in [0, 0.1) is 17.0 Å². The van der Waals surface area contributed by atoms with E-state index in [1.54, 1.807) is 4.90 Å². The SMILES string of the molecule is Cc1c(C(=O)O[C@H](C)C(=O)N2c3ccccc3C[C@@H]2C)cccc1[N+](=O)[O-]. The second-order valence-electron chi connectivity index (χ2n) is 6.64. The van der Waals surface area contributed by atoms with Crippen LogP contribution in [0.5, 0.6) is 0 Å². The summed E-state index contributed by atoms with van der Waals surface area (Å²) in [5.74, 6) is -1.07. The van der Waals surface area contributed by atoms with Crippen LogP contribution in [0.25, 0.3) is 0 Å². The van der Waals surface area contributed by atoms with Gasteiger partial charge in [-0.05, 0) is 44.9 Å². The highest BCUT2D eigenvalue weighted by Crippen LogP contribution is 2.32. The third kappa shape index (κ3) is 3.40. The summed E-state index contributed by atoms with van der Waals surface area (Å²) in [6.45, 7) is 4.94. The number of fused-ring (bicyclic) bond motifs is 1. The maximum absolute atomic E-state index is 12.9. The minimum atomic E-state index is -1.01. The zero-order valence-electron chi connectivity index (χ0n) is 15.3. The molecule has 2 aromatic rings. The fraction of sp³-hybridized carbons (Fsp3) is 0.300. The number of nitro benzene ring substituents is 1. The molecule has 0 N–H and O–H groups in total. The van der Waals surface area contributed by atoms with Gasteiger partial charge in [-0.15, -0.1) is 0 Å². The molecule has 0 unspecified atom stereocenters. The van der Waals surface area contributed by atoms with Crippen LogP contribution >= 0.6 is 0 Å². The van der Waals surface area contributed by atoms with E-state index in [1.807, 2.05) is 31.2 Å². The Labute approximate surface area is 156 Å². The van der Waals surface area contributed by atoms with Crippen LogP contribution in [-0.2, 0) is 16.0 Å². The average molecular weight is 368 g/mol. The number of hydrogen-bond donors (Lipinski definition) is 0. The van der Waals surface area contributed by atoms with Crippen molar-refractivity contribution in [3.63, 3.8) is 0 Å². The molecule has 0 saturated heterocycles. The Morgan fingerprint density at radius 1 is 1.22 bits per heavy atom. The van der Waals surface area contributed by atoms with Crippen molar-refractivity contribution in [1.82, 2.24) is 0 Å². The molecule has 2 atom stereocenters. The summed E-state index contributed by atoms with van der Waals surface area (Å²) >= 11 is 0. The minimum Gasteiger partial charge on any atom is -0.449 e. The van der Waals surface area contributed by atoms with Gasteiger partial charge in [-0.2, -0.15) is 0 Å². The molecule has 3 rings (SSSR count). The number of amides is 1. The third-order valence-corrected chi connectivity index (χ3v) is 4.80. The maximum atomic E-state index is 12.9. The van der Waals surface area contributed by atoms with Crippen LogP contribution in [0.3, 0.4) is 0 Å². The highest BCUT2D eigenvalue weighted by molar-refractivity contribution is 6.01. The van der Waals surface area contributed by atoms with Gasteiger partial charge in [0.05, 0.1) is 10.5 Å². The van der Waals surface area contributed by atoms with E-state index in [1.165, 1.54) is 32.0 Å². The van der Waals surface area contributed by atoms with Gasteiger partial charge in [-0.1, -0.05) is 24.3 Å². The van der Waals surface area contributed by atoms with Crippen molar-refractivity contribution in [2.24, 2.45) is 0 Å². The van der Waals surface area contributed by atoms with E-state index in [9.17, 15) is 19.7 Å². The average Bonchev–Trinajstić information content (AvgIpc) is 2.96. The van der Waals surface area contributed by atoms with E-state index >= 15 is 0 Å². The molecule has 2 aromatic carbocycles. The monoisotopic (exact) mass is 368 g/mol. The Bertz CT molecular complexity index is 924. The third-order valence-electron chi connectivity index (χ3n) is 4.80. The first kappa shape index (κ1) is 18.6. The number of para-hydroxylation sites is 1. The van der Waals surface area contributed by atoms with Gasteiger partial charge in [0.2, 0.25) is 0 Å². The van der Waals surface area contributed by atoms with Gasteiger partial charge in [0.25, 0.3) is 11.6 Å². The number of ether oxygens (including phenoxy) is 1. The minimum absolute atomic E-state index is 0.0319. The lowest BCUT2D eigenvalue weighted by molar-refractivity contribution is -0.385. The number of rotatable bonds is 4. The summed E-state index contributed by atoms with van der Waals surface area (Å²) in [6.07, 6.45) is -0.267.